The number of aromatic carboxylic acids is 1. The molecule has 0 saturated carbocycles. The van der Waals surface area contributed by atoms with E-state index in [1.165, 1.54) is 12.1 Å². The lowest BCUT2D eigenvalue weighted by Crippen LogP contribution is -2.16. The third kappa shape index (κ3) is 3.90. The van der Waals surface area contributed by atoms with Crippen molar-refractivity contribution in [1.29, 1.82) is 0 Å². The maximum absolute atomic E-state index is 12.7. The molecule has 0 unspecified atom stereocenters. The van der Waals surface area contributed by atoms with E-state index in [0.717, 1.165) is 12.0 Å². The Morgan fingerprint density at radius 1 is 1.09 bits per heavy atom. The number of sulfonamides is 1. The summed E-state index contributed by atoms with van der Waals surface area (Å²) in [5.41, 5.74) is 2.01. The molecule has 2 aromatic rings. The van der Waals surface area contributed by atoms with Crippen molar-refractivity contribution in [3.63, 3.8) is 0 Å². The van der Waals surface area contributed by atoms with Crippen LogP contribution in [0.2, 0.25) is 0 Å². The third-order valence-electron chi connectivity index (χ3n) is 3.57. The standard InChI is InChI=1S/C17H19NO4S/c1-3-12-6-5-7-15(10-12)18-23(21,22)16-11-14(17(19)20)9-8-13(16)4-2/h5-11,18H,3-4H2,1-2H3,(H,19,20). The molecule has 0 aliphatic carbocycles. The van der Waals surface area contributed by atoms with E-state index in [1.807, 2.05) is 19.9 Å². The van der Waals surface area contributed by atoms with Crippen LogP contribution in [0, 0.1) is 0 Å². The first-order valence-electron chi connectivity index (χ1n) is 7.35. The van der Waals surface area contributed by atoms with Crippen molar-refractivity contribution in [2.24, 2.45) is 0 Å². The molecule has 0 atom stereocenters. The maximum atomic E-state index is 12.7. The minimum atomic E-state index is -3.85. The first-order valence-corrected chi connectivity index (χ1v) is 8.83. The SMILES string of the molecule is CCc1cccc(NS(=O)(=O)c2cc(C(=O)O)ccc2CC)c1. The molecule has 0 heterocycles. The molecular weight excluding hydrogens is 314 g/mol. The first-order chi connectivity index (χ1) is 10.9. The number of carboxylic acids is 1. The van der Waals surface area contributed by atoms with Gasteiger partial charge in [0.15, 0.2) is 0 Å². The fourth-order valence-corrected chi connectivity index (χ4v) is 3.68. The van der Waals surface area contributed by atoms with Gasteiger partial charge in [0.25, 0.3) is 10.0 Å². The number of hydrogen-bond donors (Lipinski definition) is 2. The van der Waals surface area contributed by atoms with Crippen LogP contribution in [0.15, 0.2) is 47.4 Å². The molecule has 0 aliphatic heterocycles. The lowest BCUT2D eigenvalue weighted by Gasteiger charge is -2.13. The Kier molecular flexibility index (Phi) is 5.05. The summed E-state index contributed by atoms with van der Waals surface area (Å²) in [5.74, 6) is -1.16. The Morgan fingerprint density at radius 3 is 2.43 bits per heavy atom. The summed E-state index contributed by atoms with van der Waals surface area (Å²) in [7, 11) is -3.85. The van der Waals surface area contributed by atoms with Crippen LogP contribution in [-0.4, -0.2) is 19.5 Å². The molecule has 0 aliphatic rings. The van der Waals surface area contributed by atoms with Crippen molar-refractivity contribution in [1.82, 2.24) is 0 Å². The summed E-state index contributed by atoms with van der Waals surface area (Å²) in [6, 6.07) is 11.3. The van der Waals surface area contributed by atoms with Gasteiger partial charge >= 0.3 is 5.97 Å². The van der Waals surface area contributed by atoms with Gasteiger partial charge in [0.2, 0.25) is 0 Å². The van der Waals surface area contributed by atoms with E-state index in [1.54, 1.807) is 24.3 Å². The largest absolute Gasteiger partial charge is 0.478 e. The molecule has 0 fully saturated rings. The topological polar surface area (TPSA) is 83.5 Å². The number of carbonyl (C=O) groups is 1. The van der Waals surface area contributed by atoms with Crippen molar-refractivity contribution in [2.75, 3.05) is 4.72 Å². The highest BCUT2D eigenvalue weighted by Crippen LogP contribution is 2.22. The fourth-order valence-electron chi connectivity index (χ4n) is 2.29. The molecule has 2 rings (SSSR count). The monoisotopic (exact) mass is 333 g/mol. The summed E-state index contributed by atoms with van der Waals surface area (Å²) in [6.07, 6.45) is 1.29. The average Bonchev–Trinajstić information content (AvgIpc) is 2.53. The fraction of sp³-hybridized carbons (Fsp3) is 0.235. The van der Waals surface area contributed by atoms with Gasteiger partial charge in [-0.25, -0.2) is 13.2 Å². The summed E-state index contributed by atoms with van der Waals surface area (Å²) >= 11 is 0. The Bertz CT molecular complexity index is 828. The molecule has 2 aromatic carbocycles. The van der Waals surface area contributed by atoms with Crippen molar-refractivity contribution < 1.29 is 18.3 Å². The summed E-state index contributed by atoms with van der Waals surface area (Å²) in [6.45, 7) is 3.81. The zero-order chi connectivity index (χ0) is 17.0. The zero-order valence-corrected chi connectivity index (χ0v) is 13.9. The van der Waals surface area contributed by atoms with E-state index in [2.05, 4.69) is 4.72 Å². The Balaban J connectivity index is 2.45. The van der Waals surface area contributed by atoms with E-state index in [9.17, 15) is 13.2 Å². The minimum Gasteiger partial charge on any atom is -0.478 e. The molecule has 122 valence electrons. The number of nitrogens with one attached hydrogen (secondary N) is 1. The van der Waals surface area contributed by atoms with Crippen LogP contribution in [0.5, 0.6) is 0 Å². The molecule has 2 N–H and O–H groups in total. The van der Waals surface area contributed by atoms with Gasteiger partial charge in [-0.3, -0.25) is 4.72 Å². The van der Waals surface area contributed by atoms with E-state index >= 15 is 0 Å². The summed E-state index contributed by atoms with van der Waals surface area (Å²) < 4.78 is 27.8. The van der Waals surface area contributed by atoms with Crippen LogP contribution in [0.3, 0.4) is 0 Å². The molecule has 0 amide bonds. The van der Waals surface area contributed by atoms with Crippen molar-refractivity contribution in [2.45, 2.75) is 31.6 Å². The highest BCUT2D eigenvalue weighted by molar-refractivity contribution is 7.92. The second-order valence-corrected chi connectivity index (χ2v) is 6.79. The molecule has 0 radical (unpaired) electrons. The van der Waals surface area contributed by atoms with Crippen LogP contribution in [0.4, 0.5) is 5.69 Å². The van der Waals surface area contributed by atoms with E-state index < -0.39 is 16.0 Å². The number of benzene rings is 2. The van der Waals surface area contributed by atoms with E-state index in [-0.39, 0.29) is 10.5 Å². The highest BCUT2D eigenvalue weighted by atomic mass is 32.2. The van der Waals surface area contributed by atoms with Crippen molar-refractivity contribution in [3.8, 4) is 0 Å². The van der Waals surface area contributed by atoms with Gasteiger partial charge in [-0.15, -0.1) is 0 Å². The minimum absolute atomic E-state index is 0.00167. The third-order valence-corrected chi connectivity index (χ3v) is 5.04. The first kappa shape index (κ1) is 17.0. The van der Waals surface area contributed by atoms with Gasteiger partial charge in [-0.1, -0.05) is 32.0 Å². The molecule has 0 spiro atoms. The molecule has 0 bridgehead atoms. The number of hydrogen-bond acceptors (Lipinski definition) is 3. The Hall–Kier alpha value is -2.34. The number of carboxylic acid groups (broad SMARTS) is 1. The molecule has 23 heavy (non-hydrogen) atoms. The molecule has 5 nitrogen and oxygen atoms in total. The predicted octanol–water partition coefficient (Wildman–Crippen LogP) is 3.31. The lowest BCUT2D eigenvalue weighted by atomic mass is 10.1. The Labute approximate surface area is 136 Å². The van der Waals surface area contributed by atoms with Crippen LogP contribution in [0.25, 0.3) is 0 Å². The van der Waals surface area contributed by atoms with E-state index in [4.69, 9.17) is 5.11 Å². The van der Waals surface area contributed by atoms with Gasteiger partial charge in [0, 0.05) is 5.69 Å². The lowest BCUT2D eigenvalue weighted by molar-refractivity contribution is 0.0696. The van der Waals surface area contributed by atoms with Crippen molar-refractivity contribution >= 4 is 21.7 Å². The predicted molar refractivity (Wildman–Crippen MR) is 89.4 cm³/mol. The van der Waals surface area contributed by atoms with Gasteiger partial charge in [-0.2, -0.15) is 0 Å². The van der Waals surface area contributed by atoms with Crippen LogP contribution < -0.4 is 4.72 Å². The smallest absolute Gasteiger partial charge is 0.335 e. The molecule has 0 aromatic heterocycles. The van der Waals surface area contributed by atoms with Crippen LogP contribution >= 0.6 is 0 Å². The normalized spacial score (nSPS) is 11.2. The average molecular weight is 333 g/mol. The second kappa shape index (κ2) is 6.83. The second-order valence-electron chi connectivity index (χ2n) is 5.14. The summed E-state index contributed by atoms with van der Waals surface area (Å²) in [4.78, 5) is 11.1. The van der Waals surface area contributed by atoms with Gasteiger partial charge in [-0.05, 0) is 48.2 Å². The van der Waals surface area contributed by atoms with Gasteiger partial charge in [0.05, 0.1) is 10.5 Å². The quantitative estimate of drug-likeness (QED) is 0.849. The number of anilines is 1. The van der Waals surface area contributed by atoms with Gasteiger partial charge in [0.1, 0.15) is 0 Å². The molecule has 6 heteroatoms. The van der Waals surface area contributed by atoms with Crippen LogP contribution in [-0.2, 0) is 22.9 Å². The molecule has 0 saturated heterocycles. The number of rotatable bonds is 6. The highest BCUT2D eigenvalue weighted by Gasteiger charge is 2.20. The number of aryl methyl sites for hydroxylation is 2. The zero-order valence-electron chi connectivity index (χ0n) is 13.0. The van der Waals surface area contributed by atoms with Crippen LogP contribution in [0.1, 0.15) is 35.3 Å². The molecular formula is C17H19NO4S. The van der Waals surface area contributed by atoms with Gasteiger partial charge < -0.3 is 5.11 Å². The van der Waals surface area contributed by atoms with Crippen molar-refractivity contribution in [3.05, 3.63) is 59.2 Å². The summed E-state index contributed by atoms with van der Waals surface area (Å²) in [5, 5.41) is 9.08. The Morgan fingerprint density at radius 2 is 1.83 bits per heavy atom. The maximum Gasteiger partial charge on any atom is 0.335 e. The van der Waals surface area contributed by atoms with E-state index in [0.29, 0.717) is 17.7 Å².